The fraction of sp³-hybridized carbons (Fsp3) is 0.500. The average molecular weight is 312 g/mol. The molecule has 1 aliphatic rings. The maximum absolute atomic E-state index is 10.8. The summed E-state index contributed by atoms with van der Waals surface area (Å²) in [7, 11) is 0. The van der Waals surface area contributed by atoms with Gasteiger partial charge in [-0.1, -0.05) is 15.9 Å². The van der Waals surface area contributed by atoms with Gasteiger partial charge in [0.1, 0.15) is 5.75 Å². The third kappa shape index (κ3) is 3.82. The van der Waals surface area contributed by atoms with Crippen molar-refractivity contribution in [2.24, 2.45) is 0 Å². The van der Waals surface area contributed by atoms with E-state index >= 15 is 0 Å². The molecule has 1 heterocycles. The van der Waals surface area contributed by atoms with Crippen LogP contribution in [-0.4, -0.2) is 37.4 Å². The molecule has 1 fully saturated rings. The highest BCUT2D eigenvalue weighted by molar-refractivity contribution is 9.10. The van der Waals surface area contributed by atoms with Crippen LogP contribution in [0.25, 0.3) is 0 Å². The highest BCUT2D eigenvalue weighted by Crippen LogP contribution is 2.21. The van der Waals surface area contributed by atoms with Gasteiger partial charge in [-0.2, -0.15) is 0 Å². The first-order valence-electron chi connectivity index (χ1n) is 6.39. The molecule has 1 aliphatic heterocycles. The van der Waals surface area contributed by atoms with Gasteiger partial charge in [0.15, 0.2) is 6.29 Å². The Hall–Kier alpha value is -0.870. The van der Waals surface area contributed by atoms with Crippen LogP contribution >= 0.6 is 15.9 Å². The van der Waals surface area contributed by atoms with Crippen molar-refractivity contribution in [3.63, 3.8) is 0 Å². The van der Waals surface area contributed by atoms with Crippen LogP contribution in [0.15, 0.2) is 22.7 Å². The van der Waals surface area contributed by atoms with Crippen molar-refractivity contribution in [2.75, 3.05) is 26.2 Å². The highest BCUT2D eigenvalue weighted by Gasteiger charge is 2.10. The molecular weight excluding hydrogens is 294 g/mol. The number of halogens is 1. The van der Waals surface area contributed by atoms with Crippen LogP contribution in [-0.2, 0) is 0 Å². The minimum absolute atomic E-state index is 0.632. The molecule has 0 spiro atoms. The van der Waals surface area contributed by atoms with Gasteiger partial charge in [-0.05, 0) is 50.6 Å². The molecular formula is C14H18BrNO2. The predicted octanol–water partition coefficient (Wildman–Crippen LogP) is 3.13. The van der Waals surface area contributed by atoms with Gasteiger partial charge in [0, 0.05) is 16.6 Å². The third-order valence-corrected chi connectivity index (χ3v) is 3.90. The Bertz CT molecular complexity index is 403. The molecule has 0 unspecified atom stereocenters. The highest BCUT2D eigenvalue weighted by atomic mass is 79.9. The number of aldehydes is 1. The minimum Gasteiger partial charge on any atom is -0.494 e. The smallest absolute Gasteiger partial charge is 0.151 e. The third-order valence-electron chi connectivity index (χ3n) is 3.18. The minimum atomic E-state index is 0.632. The van der Waals surface area contributed by atoms with Gasteiger partial charge in [-0.25, -0.2) is 0 Å². The quantitative estimate of drug-likeness (QED) is 0.597. The fourth-order valence-electron chi connectivity index (χ4n) is 2.19. The SMILES string of the molecule is O=Cc1cc(OCCCN2CCCC2)ccc1Br. The first-order valence-corrected chi connectivity index (χ1v) is 7.19. The molecule has 0 aliphatic carbocycles. The van der Waals surface area contributed by atoms with Crippen molar-refractivity contribution >= 4 is 22.2 Å². The van der Waals surface area contributed by atoms with Crippen molar-refractivity contribution in [1.82, 2.24) is 4.90 Å². The Morgan fingerprint density at radius 3 is 2.83 bits per heavy atom. The first-order chi connectivity index (χ1) is 8.79. The summed E-state index contributed by atoms with van der Waals surface area (Å²) in [6.07, 6.45) is 4.53. The van der Waals surface area contributed by atoms with Gasteiger partial charge >= 0.3 is 0 Å². The summed E-state index contributed by atoms with van der Waals surface area (Å²) >= 11 is 3.32. The molecule has 0 bridgehead atoms. The van der Waals surface area contributed by atoms with E-state index in [1.165, 1.54) is 25.9 Å². The second-order valence-corrected chi connectivity index (χ2v) is 5.41. The summed E-state index contributed by atoms with van der Waals surface area (Å²) in [4.78, 5) is 13.3. The molecule has 1 aromatic rings. The van der Waals surface area contributed by atoms with E-state index in [9.17, 15) is 4.79 Å². The number of benzene rings is 1. The van der Waals surface area contributed by atoms with Crippen molar-refractivity contribution in [3.05, 3.63) is 28.2 Å². The number of nitrogens with zero attached hydrogens (tertiary/aromatic N) is 1. The molecule has 0 aromatic heterocycles. The predicted molar refractivity (Wildman–Crippen MR) is 75.3 cm³/mol. The van der Waals surface area contributed by atoms with E-state index in [-0.39, 0.29) is 0 Å². The van der Waals surface area contributed by atoms with Crippen LogP contribution in [0.2, 0.25) is 0 Å². The monoisotopic (exact) mass is 311 g/mol. The number of carbonyl (C=O) groups is 1. The Labute approximate surface area is 116 Å². The molecule has 3 nitrogen and oxygen atoms in total. The number of carbonyl (C=O) groups excluding carboxylic acids is 1. The number of likely N-dealkylation sites (tertiary alicyclic amines) is 1. The summed E-state index contributed by atoms with van der Waals surface area (Å²) in [5.41, 5.74) is 0.632. The van der Waals surface area contributed by atoms with Gasteiger partial charge < -0.3 is 9.64 Å². The normalized spacial score (nSPS) is 15.8. The molecule has 1 saturated heterocycles. The average Bonchev–Trinajstić information content (AvgIpc) is 2.89. The van der Waals surface area contributed by atoms with E-state index < -0.39 is 0 Å². The van der Waals surface area contributed by atoms with Crippen molar-refractivity contribution < 1.29 is 9.53 Å². The summed E-state index contributed by atoms with van der Waals surface area (Å²) in [6.45, 7) is 4.27. The molecule has 4 heteroatoms. The summed E-state index contributed by atoms with van der Waals surface area (Å²) < 4.78 is 6.46. The maximum Gasteiger partial charge on any atom is 0.151 e. The summed E-state index contributed by atoms with van der Waals surface area (Å²) in [6, 6.07) is 5.50. The van der Waals surface area contributed by atoms with E-state index in [0.717, 1.165) is 29.5 Å². The van der Waals surface area contributed by atoms with E-state index in [2.05, 4.69) is 20.8 Å². The molecule has 0 N–H and O–H groups in total. The van der Waals surface area contributed by atoms with Crippen LogP contribution in [0.3, 0.4) is 0 Å². The number of hydrogen-bond acceptors (Lipinski definition) is 3. The summed E-state index contributed by atoms with van der Waals surface area (Å²) in [5, 5.41) is 0. The Balaban J connectivity index is 1.74. The number of hydrogen-bond donors (Lipinski definition) is 0. The summed E-state index contributed by atoms with van der Waals surface area (Å²) in [5.74, 6) is 0.765. The van der Waals surface area contributed by atoms with Crippen LogP contribution in [0.1, 0.15) is 29.6 Å². The lowest BCUT2D eigenvalue weighted by atomic mass is 10.2. The molecule has 1 aromatic carbocycles. The Morgan fingerprint density at radius 1 is 1.33 bits per heavy atom. The van der Waals surface area contributed by atoms with E-state index in [1.807, 2.05) is 12.1 Å². The zero-order valence-corrected chi connectivity index (χ0v) is 12.0. The fourth-order valence-corrected chi connectivity index (χ4v) is 2.53. The second-order valence-electron chi connectivity index (χ2n) is 4.55. The molecule has 0 amide bonds. The Kier molecular flexibility index (Phi) is 5.20. The lowest BCUT2D eigenvalue weighted by Crippen LogP contribution is -2.21. The van der Waals surface area contributed by atoms with Crippen molar-refractivity contribution in [2.45, 2.75) is 19.3 Å². The molecule has 0 radical (unpaired) electrons. The molecule has 0 atom stereocenters. The molecule has 0 saturated carbocycles. The largest absolute Gasteiger partial charge is 0.494 e. The molecule has 2 rings (SSSR count). The lowest BCUT2D eigenvalue weighted by Gasteiger charge is -2.14. The first kappa shape index (κ1) is 13.6. The van der Waals surface area contributed by atoms with Gasteiger partial charge in [0.25, 0.3) is 0 Å². The zero-order valence-electron chi connectivity index (χ0n) is 10.4. The van der Waals surface area contributed by atoms with E-state index in [0.29, 0.717) is 12.2 Å². The van der Waals surface area contributed by atoms with Gasteiger partial charge in [-0.3, -0.25) is 4.79 Å². The standard InChI is InChI=1S/C14H18BrNO2/c15-14-5-4-13(10-12(14)11-17)18-9-3-8-16-6-1-2-7-16/h4-5,10-11H,1-3,6-9H2. The molecule has 18 heavy (non-hydrogen) atoms. The van der Waals surface area contributed by atoms with Crippen LogP contribution in [0, 0.1) is 0 Å². The maximum atomic E-state index is 10.8. The van der Waals surface area contributed by atoms with Gasteiger partial charge in [-0.15, -0.1) is 0 Å². The van der Waals surface area contributed by atoms with Gasteiger partial charge in [0.2, 0.25) is 0 Å². The Morgan fingerprint density at radius 2 is 2.11 bits per heavy atom. The second kappa shape index (κ2) is 6.90. The van der Waals surface area contributed by atoms with E-state index in [4.69, 9.17) is 4.74 Å². The lowest BCUT2D eigenvalue weighted by molar-refractivity contribution is 0.112. The van der Waals surface area contributed by atoms with Gasteiger partial charge in [0.05, 0.1) is 6.61 Å². The van der Waals surface area contributed by atoms with E-state index in [1.54, 1.807) is 6.07 Å². The topological polar surface area (TPSA) is 29.5 Å². The zero-order chi connectivity index (χ0) is 12.8. The van der Waals surface area contributed by atoms with Crippen molar-refractivity contribution in [1.29, 1.82) is 0 Å². The van der Waals surface area contributed by atoms with Crippen LogP contribution in [0.4, 0.5) is 0 Å². The van der Waals surface area contributed by atoms with Crippen LogP contribution in [0.5, 0.6) is 5.75 Å². The number of rotatable bonds is 6. The molecule has 98 valence electrons. The van der Waals surface area contributed by atoms with Crippen LogP contribution < -0.4 is 4.74 Å². The number of ether oxygens (including phenoxy) is 1. The van der Waals surface area contributed by atoms with Crippen molar-refractivity contribution in [3.8, 4) is 5.75 Å².